The average Bonchev–Trinajstić information content (AvgIpc) is 2.94. The molecule has 0 fully saturated rings. The average molecular weight is 1180 g/mol. The van der Waals surface area contributed by atoms with Gasteiger partial charge in [0.25, 0.3) is 16.6 Å². The Kier molecular flexibility index (Phi) is 17.9. The van der Waals surface area contributed by atoms with Crippen molar-refractivity contribution >= 4 is 63.4 Å². The number of methoxy groups -OCH3 is 2. The minimum absolute atomic E-state index is 0.0175. The zero-order chi connectivity index (χ0) is 60.7. The van der Waals surface area contributed by atoms with E-state index in [1.165, 1.54) is 36.7 Å². The molecule has 2 aliphatic heterocycles. The van der Waals surface area contributed by atoms with E-state index in [0.717, 1.165) is 21.5 Å². The molecule has 0 saturated carbocycles. The Labute approximate surface area is 498 Å². The molecule has 0 bridgehead atoms. The Bertz CT molecular complexity index is 3140. The molecule has 0 unspecified atom stereocenters. The van der Waals surface area contributed by atoms with Gasteiger partial charge in [-0.1, -0.05) is 228 Å². The highest BCUT2D eigenvalue weighted by atomic mass is 28.4. The van der Waals surface area contributed by atoms with Crippen LogP contribution in [0.3, 0.4) is 0 Å². The second-order valence-electron chi connectivity index (χ2n) is 27.4. The molecule has 6 atom stereocenters. The van der Waals surface area contributed by atoms with E-state index in [9.17, 15) is 9.59 Å². The Hall–Kier alpha value is -5.94. The maximum absolute atomic E-state index is 15.3. The number of carbonyl (C=O) groups is 3. The molecule has 0 radical (unpaired) electrons. The summed E-state index contributed by atoms with van der Waals surface area (Å²) in [6.07, 6.45) is 13.5. The van der Waals surface area contributed by atoms with Crippen LogP contribution < -0.4 is 20.7 Å². The van der Waals surface area contributed by atoms with Crippen LogP contribution in [0, 0.1) is 22.7 Å². The van der Waals surface area contributed by atoms with E-state index in [1.54, 1.807) is 6.08 Å². The zero-order valence-electron chi connectivity index (χ0n) is 52.4. The Morgan fingerprint density at radius 2 is 0.988 bits per heavy atom. The summed E-state index contributed by atoms with van der Waals surface area (Å²) in [5.74, 6) is -1.74. The molecule has 2 spiro atoms. The number of benzene rings is 4. The third-order valence-electron chi connectivity index (χ3n) is 19.0. The summed E-state index contributed by atoms with van der Waals surface area (Å²) in [6, 6.07) is 42.2. The lowest BCUT2D eigenvalue weighted by atomic mass is 9.61. The second kappa shape index (κ2) is 23.5. The first kappa shape index (κ1) is 63.1. The number of esters is 2. The number of ketones is 1. The molecule has 4 aliphatic rings. The van der Waals surface area contributed by atoms with Crippen LogP contribution in [0.2, 0.25) is 28.2 Å². The van der Waals surface area contributed by atoms with Crippen molar-refractivity contribution in [3.63, 3.8) is 0 Å². The Morgan fingerprint density at radius 3 is 1.37 bits per heavy atom. The monoisotopic (exact) mass is 1170 g/mol. The third kappa shape index (κ3) is 11.3. The summed E-state index contributed by atoms with van der Waals surface area (Å²) in [5, 5.41) is 4.09. The number of rotatable bonds is 19. The number of allylic oxidation sites excluding steroid dienone is 1. The highest BCUT2D eigenvalue weighted by Crippen LogP contribution is 2.58. The molecular weight excluding hydrogens is 1090 g/mol. The van der Waals surface area contributed by atoms with Crippen molar-refractivity contribution in [3.8, 4) is 0 Å². The van der Waals surface area contributed by atoms with Crippen molar-refractivity contribution in [2.45, 2.75) is 142 Å². The van der Waals surface area contributed by atoms with Gasteiger partial charge in [-0.15, -0.1) is 0 Å². The third-order valence-corrected chi connectivity index (χ3v) is 33.4. The van der Waals surface area contributed by atoms with Crippen molar-refractivity contribution in [2.75, 3.05) is 34.0 Å². The van der Waals surface area contributed by atoms with Crippen LogP contribution >= 0.6 is 0 Å². The van der Waals surface area contributed by atoms with Gasteiger partial charge in [-0.05, 0) is 91.9 Å². The van der Waals surface area contributed by atoms with Gasteiger partial charge < -0.3 is 32.2 Å². The fourth-order valence-corrected chi connectivity index (χ4v) is 23.3. The van der Waals surface area contributed by atoms with Gasteiger partial charge in [-0.3, -0.25) is 4.79 Å². The smallest absolute Gasteiger partial charge is 0.346 e. The Balaban J connectivity index is 1.22. The predicted octanol–water partition coefficient (Wildman–Crippen LogP) is 12.8. The summed E-state index contributed by atoms with van der Waals surface area (Å²) in [4.78, 5) is 43.6. The van der Waals surface area contributed by atoms with Gasteiger partial charge in [0.15, 0.2) is 31.1 Å². The number of hydrogen-bond acceptors (Lipinski definition) is 10. The molecule has 4 aromatic rings. The van der Waals surface area contributed by atoms with Crippen LogP contribution in [-0.2, 0) is 46.6 Å². The van der Waals surface area contributed by atoms with E-state index < -0.39 is 64.7 Å². The highest BCUT2D eigenvalue weighted by molar-refractivity contribution is 7.00. The van der Waals surface area contributed by atoms with E-state index in [4.69, 9.17) is 32.2 Å². The zero-order valence-corrected chi connectivity index (χ0v) is 55.4. The summed E-state index contributed by atoms with van der Waals surface area (Å²) in [7, 11) is -5.11. The fourth-order valence-electron chi connectivity index (χ4n) is 13.3. The summed E-state index contributed by atoms with van der Waals surface area (Å²) >= 11 is 0. The van der Waals surface area contributed by atoms with Crippen LogP contribution in [0.15, 0.2) is 192 Å². The Morgan fingerprint density at radius 1 is 0.578 bits per heavy atom. The first-order valence-electron chi connectivity index (χ1n) is 29.4. The van der Waals surface area contributed by atoms with Gasteiger partial charge in [0.05, 0.1) is 50.9 Å². The topological polar surface area (TPSA) is 116 Å². The van der Waals surface area contributed by atoms with Crippen LogP contribution in [0.1, 0.15) is 103 Å². The molecule has 0 N–H and O–H groups in total. The lowest BCUT2D eigenvalue weighted by molar-refractivity contribution is -0.159. The van der Waals surface area contributed by atoms with E-state index in [1.807, 2.05) is 44.2 Å². The number of carbonyl (C=O) groups excluding carboxylic acids is 3. The van der Waals surface area contributed by atoms with Crippen molar-refractivity contribution in [3.05, 3.63) is 192 Å². The summed E-state index contributed by atoms with van der Waals surface area (Å²) < 4.78 is 47.2. The van der Waals surface area contributed by atoms with Crippen LogP contribution in [-0.4, -0.2) is 87.9 Å². The minimum atomic E-state index is -3.00. The standard InChI is InChI=1S/C70H90O10Si3/c1-50-44-69(59(74-14)43-60(72)79-69)68(13,47-53(50)49-78-83(66(9,10)11,56-35-26-20-27-36-56)57-37-28-21-29-38-57)41-39-58(71)61-62(75-15)70(80-63(61)73)45-51(2)52(46-67(70,12)40-30-42-76-81(16,17)64(3,4)5)48-77-82(65(6,7)8,54-31-22-18-23-32-54)55-33-24-19-25-34-55/h18-41,43,46-47,50-51H,42,44-45,48-49H2,1-17H3/b40-30+,41-39+/t50-,51-,67-,68-,69-,70+/m0/s1. The van der Waals surface area contributed by atoms with Gasteiger partial charge in [-0.2, -0.15) is 0 Å². The van der Waals surface area contributed by atoms with Gasteiger partial charge in [0.2, 0.25) is 0 Å². The van der Waals surface area contributed by atoms with Gasteiger partial charge in [-0.25, -0.2) is 9.59 Å². The van der Waals surface area contributed by atoms with Crippen molar-refractivity contribution in [1.82, 2.24) is 0 Å². The molecule has 8 rings (SSSR count). The molecule has 0 saturated heterocycles. The lowest BCUT2D eigenvalue weighted by Gasteiger charge is -2.49. The number of ether oxygens (including phenoxy) is 4. The normalized spacial score (nSPS) is 25.4. The molecule has 83 heavy (non-hydrogen) atoms. The molecule has 442 valence electrons. The molecule has 2 heterocycles. The molecule has 0 amide bonds. The van der Waals surface area contributed by atoms with E-state index in [2.05, 4.69) is 205 Å². The quantitative estimate of drug-likeness (QED) is 0.0295. The largest absolute Gasteiger partial charge is 0.497 e. The molecule has 0 aromatic heterocycles. The van der Waals surface area contributed by atoms with E-state index >= 15 is 4.79 Å². The van der Waals surface area contributed by atoms with Gasteiger partial charge >= 0.3 is 11.9 Å². The van der Waals surface area contributed by atoms with Gasteiger partial charge in [0.1, 0.15) is 11.3 Å². The van der Waals surface area contributed by atoms with Crippen LogP contribution in [0.4, 0.5) is 0 Å². The number of hydrogen-bond donors (Lipinski definition) is 0. The summed E-state index contributed by atoms with van der Waals surface area (Å²) in [5.41, 5.74) is -3.15. The van der Waals surface area contributed by atoms with E-state index in [0.29, 0.717) is 31.8 Å². The summed E-state index contributed by atoms with van der Waals surface area (Å²) in [6.45, 7) is 33.8. The molecule has 13 heteroatoms. The fraction of sp³-hybridized carbons (Fsp3) is 0.443. The molecule has 2 aliphatic carbocycles. The maximum atomic E-state index is 15.3. The van der Waals surface area contributed by atoms with Crippen LogP contribution in [0.5, 0.6) is 0 Å². The van der Waals surface area contributed by atoms with Gasteiger partial charge in [0, 0.05) is 12.8 Å². The van der Waals surface area contributed by atoms with Crippen molar-refractivity contribution < 1.29 is 46.6 Å². The molecule has 10 nitrogen and oxygen atoms in total. The first-order valence-corrected chi connectivity index (χ1v) is 36.1. The first-order chi connectivity index (χ1) is 38.9. The SMILES string of the molecule is COC1=CC(=O)O[C@@]12C[C@H](C)C(CO[Si](c1ccccc1)(c1ccccc1)C(C)(C)C)=C[C@]2(C)/C=C/C(=O)C1=C(OC)[C@@]2(C[C@H](C)C(CO[Si](c3ccccc3)(c3ccccc3)C(C)(C)C)=C[C@]2(C)/C=C/CO[Si](C)(C)C(C)(C)C)OC1=O. The maximum Gasteiger partial charge on any atom is 0.346 e. The van der Waals surface area contributed by atoms with Crippen molar-refractivity contribution in [1.29, 1.82) is 0 Å². The van der Waals surface area contributed by atoms with E-state index in [-0.39, 0.29) is 44.9 Å². The lowest BCUT2D eigenvalue weighted by Crippen LogP contribution is -2.66. The highest BCUT2D eigenvalue weighted by Gasteiger charge is 2.64. The second-order valence-corrected chi connectivity index (χ2v) is 40.8. The predicted molar refractivity (Wildman–Crippen MR) is 340 cm³/mol. The van der Waals surface area contributed by atoms with Crippen LogP contribution in [0.25, 0.3) is 0 Å². The molecular formula is C70H90O10Si3. The molecule has 4 aromatic carbocycles. The van der Waals surface area contributed by atoms with Crippen molar-refractivity contribution in [2.24, 2.45) is 22.7 Å². The minimum Gasteiger partial charge on any atom is -0.497 e.